The molecule has 0 fully saturated rings. The Balaban J connectivity index is 2.16. The van der Waals surface area contributed by atoms with Crippen molar-refractivity contribution in [2.45, 2.75) is 39.4 Å². The molecule has 0 aliphatic heterocycles. The van der Waals surface area contributed by atoms with E-state index in [1.165, 1.54) is 0 Å². The standard InChI is InChI=1S/C23H26O4/c1-15(2)21(24)26-19-11-7-17(8-12-19)23(5,6)18-9-13-20(14-10-18)27-22(25)16(3)4/h7-14,21,24H,1,3H2,2,4-6H3. The maximum absolute atomic E-state index is 11.6. The summed E-state index contributed by atoms with van der Waals surface area (Å²) in [6.07, 6.45) is -1.02. The van der Waals surface area contributed by atoms with Gasteiger partial charge in [0.05, 0.1) is 0 Å². The van der Waals surface area contributed by atoms with Crippen molar-refractivity contribution in [3.63, 3.8) is 0 Å². The van der Waals surface area contributed by atoms with E-state index in [1.807, 2.05) is 36.4 Å². The van der Waals surface area contributed by atoms with Crippen LogP contribution in [0.15, 0.2) is 72.8 Å². The molecule has 0 radical (unpaired) electrons. The molecule has 0 amide bonds. The van der Waals surface area contributed by atoms with Gasteiger partial charge in [-0.05, 0) is 54.8 Å². The molecule has 0 spiro atoms. The third-order valence-electron chi connectivity index (χ3n) is 4.38. The van der Waals surface area contributed by atoms with Gasteiger partial charge in [0.1, 0.15) is 11.5 Å². The highest BCUT2D eigenvalue weighted by Crippen LogP contribution is 2.33. The molecule has 142 valence electrons. The molecule has 0 aliphatic rings. The molecule has 0 saturated heterocycles. The van der Waals surface area contributed by atoms with Crippen LogP contribution in [-0.2, 0) is 10.2 Å². The molecule has 27 heavy (non-hydrogen) atoms. The summed E-state index contributed by atoms with van der Waals surface area (Å²) in [6, 6.07) is 15.0. The van der Waals surface area contributed by atoms with Crippen LogP contribution in [0.5, 0.6) is 11.5 Å². The molecule has 0 heterocycles. The topological polar surface area (TPSA) is 55.8 Å². The molecule has 4 heteroatoms. The molecule has 0 aliphatic carbocycles. The van der Waals surface area contributed by atoms with E-state index >= 15 is 0 Å². The van der Waals surface area contributed by atoms with Gasteiger partial charge in [-0.1, -0.05) is 51.3 Å². The van der Waals surface area contributed by atoms with Gasteiger partial charge < -0.3 is 14.6 Å². The summed E-state index contributed by atoms with van der Waals surface area (Å²) in [5.41, 5.74) is 2.81. The van der Waals surface area contributed by atoms with Crippen LogP contribution >= 0.6 is 0 Å². The summed E-state index contributed by atoms with van der Waals surface area (Å²) < 4.78 is 10.7. The Hall–Kier alpha value is -2.85. The molecule has 2 rings (SSSR count). The zero-order valence-corrected chi connectivity index (χ0v) is 16.3. The first-order valence-electron chi connectivity index (χ1n) is 8.70. The third-order valence-corrected chi connectivity index (χ3v) is 4.38. The summed E-state index contributed by atoms with van der Waals surface area (Å²) >= 11 is 0. The largest absolute Gasteiger partial charge is 0.461 e. The number of aliphatic hydroxyl groups is 1. The molecule has 0 bridgehead atoms. The van der Waals surface area contributed by atoms with E-state index in [2.05, 4.69) is 27.0 Å². The molecule has 2 aromatic carbocycles. The van der Waals surface area contributed by atoms with Gasteiger partial charge in [-0.25, -0.2) is 4.79 Å². The second kappa shape index (κ2) is 8.23. The van der Waals surface area contributed by atoms with E-state index in [0.29, 0.717) is 22.6 Å². The van der Waals surface area contributed by atoms with E-state index in [1.54, 1.807) is 26.0 Å². The molecule has 0 saturated carbocycles. The summed E-state index contributed by atoms with van der Waals surface area (Å²) in [7, 11) is 0. The molecule has 1 N–H and O–H groups in total. The van der Waals surface area contributed by atoms with Crippen molar-refractivity contribution in [2.75, 3.05) is 0 Å². The quantitative estimate of drug-likeness (QED) is 0.252. The fraction of sp³-hybridized carbons (Fsp3) is 0.261. The van der Waals surface area contributed by atoms with Crippen molar-refractivity contribution in [3.05, 3.63) is 84.0 Å². The van der Waals surface area contributed by atoms with Crippen LogP contribution in [0.3, 0.4) is 0 Å². The second-order valence-corrected chi connectivity index (χ2v) is 7.16. The predicted octanol–water partition coefficient (Wildman–Crippen LogP) is 4.77. The van der Waals surface area contributed by atoms with Gasteiger partial charge in [0.2, 0.25) is 6.29 Å². The SMILES string of the molecule is C=C(C)C(=O)Oc1ccc(C(C)(C)c2ccc(OC(O)C(=C)C)cc2)cc1. The highest BCUT2D eigenvalue weighted by Gasteiger charge is 2.23. The number of aliphatic hydroxyl groups excluding tert-OH is 1. The molecule has 4 nitrogen and oxygen atoms in total. The molecule has 1 unspecified atom stereocenters. The smallest absolute Gasteiger partial charge is 0.338 e. The van der Waals surface area contributed by atoms with E-state index in [-0.39, 0.29) is 5.41 Å². The summed E-state index contributed by atoms with van der Waals surface area (Å²) in [5, 5.41) is 9.75. The van der Waals surface area contributed by atoms with E-state index in [4.69, 9.17) is 9.47 Å². The van der Waals surface area contributed by atoms with Gasteiger partial charge in [-0.2, -0.15) is 0 Å². The van der Waals surface area contributed by atoms with Gasteiger partial charge in [0.25, 0.3) is 0 Å². The summed E-state index contributed by atoms with van der Waals surface area (Å²) in [5.74, 6) is 0.627. The predicted molar refractivity (Wildman–Crippen MR) is 107 cm³/mol. The van der Waals surface area contributed by atoms with Gasteiger partial charge in [0, 0.05) is 11.0 Å². The minimum absolute atomic E-state index is 0.262. The Morgan fingerprint density at radius 2 is 1.37 bits per heavy atom. The minimum atomic E-state index is -1.02. The number of ether oxygens (including phenoxy) is 2. The van der Waals surface area contributed by atoms with Crippen molar-refractivity contribution >= 4 is 5.97 Å². The Kier molecular flexibility index (Phi) is 6.24. The van der Waals surface area contributed by atoms with Crippen LogP contribution in [0.25, 0.3) is 0 Å². The lowest BCUT2D eigenvalue weighted by atomic mass is 9.78. The lowest BCUT2D eigenvalue weighted by Crippen LogP contribution is -2.19. The molecular weight excluding hydrogens is 340 g/mol. The van der Waals surface area contributed by atoms with E-state index in [9.17, 15) is 9.90 Å². The average Bonchev–Trinajstić information content (AvgIpc) is 2.62. The fourth-order valence-electron chi connectivity index (χ4n) is 2.48. The number of rotatable bonds is 7. The maximum atomic E-state index is 11.6. The molecule has 0 aromatic heterocycles. The molecular formula is C23H26O4. The van der Waals surface area contributed by atoms with Crippen molar-refractivity contribution in [3.8, 4) is 11.5 Å². The van der Waals surface area contributed by atoms with Crippen molar-refractivity contribution in [1.29, 1.82) is 0 Å². The monoisotopic (exact) mass is 366 g/mol. The average molecular weight is 366 g/mol. The Bertz CT molecular complexity index is 830. The number of carbonyl (C=O) groups is 1. The minimum Gasteiger partial charge on any atom is -0.461 e. The number of hydrogen-bond acceptors (Lipinski definition) is 4. The Labute approximate surface area is 160 Å². The summed E-state index contributed by atoms with van der Waals surface area (Å²) in [6.45, 7) is 14.8. The number of carbonyl (C=O) groups excluding carboxylic acids is 1. The highest BCUT2D eigenvalue weighted by atomic mass is 16.6. The second-order valence-electron chi connectivity index (χ2n) is 7.16. The third kappa shape index (κ3) is 5.08. The van der Waals surface area contributed by atoms with E-state index in [0.717, 1.165) is 11.1 Å². The van der Waals surface area contributed by atoms with Crippen LogP contribution in [0, 0.1) is 0 Å². The maximum Gasteiger partial charge on any atom is 0.338 e. The normalized spacial score (nSPS) is 12.2. The zero-order chi connectivity index (χ0) is 20.2. The molecule has 1 atom stereocenters. The van der Waals surface area contributed by atoms with Crippen LogP contribution < -0.4 is 9.47 Å². The Morgan fingerprint density at radius 1 is 0.926 bits per heavy atom. The Morgan fingerprint density at radius 3 is 1.78 bits per heavy atom. The van der Waals surface area contributed by atoms with Crippen LogP contribution in [-0.4, -0.2) is 17.4 Å². The van der Waals surface area contributed by atoms with Gasteiger partial charge in [-0.15, -0.1) is 0 Å². The van der Waals surface area contributed by atoms with Gasteiger partial charge in [0.15, 0.2) is 0 Å². The first kappa shape index (κ1) is 20.5. The van der Waals surface area contributed by atoms with Crippen LogP contribution in [0.4, 0.5) is 0 Å². The lowest BCUT2D eigenvalue weighted by Gasteiger charge is -2.26. The van der Waals surface area contributed by atoms with Crippen LogP contribution in [0.1, 0.15) is 38.8 Å². The fourth-order valence-corrected chi connectivity index (χ4v) is 2.48. The first-order chi connectivity index (χ1) is 12.6. The van der Waals surface area contributed by atoms with Crippen molar-refractivity contribution < 1.29 is 19.4 Å². The number of benzene rings is 2. The van der Waals surface area contributed by atoms with Crippen molar-refractivity contribution in [2.24, 2.45) is 0 Å². The highest BCUT2D eigenvalue weighted by molar-refractivity contribution is 5.88. The first-order valence-corrected chi connectivity index (χ1v) is 8.70. The van der Waals surface area contributed by atoms with Crippen molar-refractivity contribution in [1.82, 2.24) is 0 Å². The zero-order valence-electron chi connectivity index (χ0n) is 16.3. The van der Waals surface area contributed by atoms with E-state index < -0.39 is 12.3 Å². The number of esters is 1. The summed E-state index contributed by atoms with van der Waals surface area (Å²) in [4.78, 5) is 11.6. The number of hydrogen-bond donors (Lipinski definition) is 1. The van der Waals surface area contributed by atoms with Gasteiger partial charge >= 0.3 is 5.97 Å². The lowest BCUT2D eigenvalue weighted by molar-refractivity contribution is -0.130. The van der Waals surface area contributed by atoms with Crippen LogP contribution in [0.2, 0.25) is 0 Å². The van der Waals surface area contributed by atoms with Gasteiger partial charge in [-0.3, -0.25) is 0 Å². The molecule has 2 aromatic rings.